The minimum Gasteiger partial charge on any atom is -0.381 e. The minimum absolute atomic E-state index is 0.0425. The molecule has 0 aliphatic heterocycles. The first-order valence-corrected chi connectivity index (χ1v) is 6.81. The maximum Gasteiger partial charge on any atom is 0.391 e. The molecule has 0 spiro atoms. The number of nitrogens with one attached hydrogen (secondary N) is 1. The van der Waals surface area contributed by atoms with Gasteiger partial charge < -0.3 is 5.32 Å². The predicted octanol–water partition coefficient (Wildman–Crippen LogP) is 4.74. The third-order valence-corrected chi connectivity index (χ3v) is 3.83. The third-order valence-electron chi connectivity index (χ3n) is 3.60. The lowest BCUT2D eigenvalue weighted by Gasteiger charge is -2.31. The minimum atomic E-state index is -4.15. The number of hydrogen-bond acceptors (Lipinski definition) is 2. The van der Waals surface area contributed by atoms with Crippen molar-refractivity contribution in [1.29, 1.82) is 5.26 Å². The summed E-state index contributed by atoms with van der Waals surface area (Å²) in [6.07, 6.45) is -2.72. The van der Waals surface area contributed by atoms with Gasteiger partial charge in [-0.1, -0.05) is 18.0 Å². The highest BCUT2D eigenvalue weighted by molar-refractivity contribution is 6.30. The van der Waals surface area contributed by atoms with E-state index in [4.69, 9.17) is 16.9 Å². The van der Waals surface area contributed by atoms with Crippen molar-refractivity contribution in [2.75, 3.05) is 5.32 Å². The first-order valence-electron chi connectivity index (χ1n) is 6.43. The molecule has 1 fully saturated rings. The smallest absolute Gasteiger partial charge is 0.381 e. The molecule has 20 heavy (non-hydrogen) atoms. The fourth-order valence-electron chi connectivity index (χ4n) is 2.57. The molecule has 2 unspecified atom stereocenters. The molecule has 0 aromatic heterocycles. The van der Waals surface area contributed by atoms with Crippen molar-refractivity contribution in [3.8, 4) is 6.07 Å². The van der Waals surface area contributed by atoms with Crippen LogP contribution in [0.5, 0.6) is 0 Å². The molecule has 1 aromatic carbocycles. The number of halogens is 4. The van der Waals surface area contributed by atoms with E-state index in [1.54, 1.807) is 18.2 Å². The van der Waals surface area contributed by atoms with Crippen molar-refractivity contribution >= 4 is 17.3 Å². The molecule has 1 saturated carbocycles. The van der Waals surface area contributed by atoms with Gasteiger partial charge >= 0.3 is 6.18 Å². The van der Waals surface area contributed by atoms with Gasteiger partial charge in [0.2, 0.25) is 0 Å². The Balaban J connectivity index is 2.10. The maximum atomic E-state index is 12.8. The van der Waals surface area contributed by atoms with Crippen LogP contribution >= 0.6 is 11.6 Å². The summed E-state index contributed by atoms with van der Waals surface area (Å²) in [4.78, 5) is 0. The monoisotopic (exact) mass is 302 g/mol. The molecule has 1 N–H and O–H groups in total. The summed E-state index contributed by atoms with van der Waals surface area (Å²) >= 11 is 5.86. The Morgan fingerprint density at radius 2 is 2.05 bits per heavy atom. The number of anilines is 1. The van der Waals surface area contributed by atoms with E-state index < -0.39 is 12.1 Å². The van der Waals surface area contributed by atoms with Crippen molar-refractivity contribution < 1.29 is 13.2 Å². The van der Waals surface area contributed by atoms with Crippen molar-refractivity contribution in [2.45, 2.75) is 37.9 Å². The lowest BCUT2D eigenvalue weighted by Crippen LogP contribution is -2.34. The molecule has 2 nitrogen and oxygen atoms in total. The highest BCUT2D eigenvalue weighted by Crippen LogP contribution is 2.38. The third kappa shape index (κ3) is 3.57. The summed E-state index contributed by atoms with van der Waals surface area (Å²) < 4.78 is 38.3. The number of benzene rings is 1. The van der Waals surface area contributed by atoms with Gasteiger partial charge in [0.1, 0.15) is 6.07 Å². The zero-order valence-electron chi connectivity index (χ0n) is 10.7. The van der Waals surface area contributed by atoms with Gasteiger partial charge in [0, 0.05) is 11.1 Å². The van der Waals surface area contributed by atoms with Crippen molar-refractivity contribution in [1.82, 2.24) is 0 Å². The molecule has 2 rings (SSSR count). The van der Waals surface area contributed by atoms with Crippen LogP contribution in [0.1, 0.15) is 31.2 Å². The summed E-state index contributed by atoms with van der Waals surface area (Å²) in [5.41, 5.74) is 0.899. The largest absolute Gasteiger partial charge is 0.391 e. The van der Waals surface area contributed by atoms with Crippen LogP contribution in [0.4, 0.5) is 18.9 Å². The van der Waals surface area contributed by atoms with Crippen molar-refractivity contribution in [3.63, 3.8) is 0 Å². The Kier molecular flexibility index (Phi) is 4.44. The summed E-state index contributed by atoms with van der Waals surface area (Å²) in [6.45, 7) is 0. The zero-order chi connectivity index (χ0) is 14.8. The molecule has 0 bridgehead atoms. The van der Waals surface area contributed by atoms with E-state index in [-0.39, 0.29) is 18.9 Å². The SMILES string of the molecule is N#Cc1ccc(Cl)cc1NC1CCCC(C(F)(F)F)C1. The molecule has 1 aliphatic rings. The van der Waals surface area contributed by atoms with Crippen LogP contribution in [0.2, 0.25) is 5.02 Å². The highest BCUT2D eigenvalue weighted by atomic mass is 35.5. The van der Waals surface area contributed by atoms with Crippen LogP contribution in [-0.4, -0.2) is 12.2 Å². The van der Waals surface area contributed by atoms with Gasteiger partial charge in [-0.3, -0.25) is 0 Å². The number of rotatable bonds is 2. The molecule has 108 valence electrons. The van der Waals surface area contributed by atoms with E-state index in [0.717, 1.165) is 0 Å². The Labute approximate surface area is 120 Å². The molecule has 0 radical (unpaired) electrons. The second-order valence-corrected chi connectivity index (χ2v) is 5.48. The van der Waals surface area contributed by atoms with Gasteiger partial charge in [-0.15, -0.1) is 0 Å². The van der Waals surface area contributed by atoms with Crippen LogP contribution in [-0.2, 0) is 0 Å². The van der Waals surface area contributed by atoms with Gasteiger partial charge in [0.25, 0.3) is 0 Å². The lowest BCUT2D eigenvalue weighted by atomic mass is 9.85. The first-order chi connectivity index (χ1) is 9.40. The average Bonchev–Trinajstić information content (AvgIpc) is 2.38. The summed E-state index contributed by atoms with van der Waals surface area (Å²) in [5, 5.41) is 12.5. The normalized spacial score (nSPS) is 23.1. The van der Waals surface area contributed by atoms with E-state index >= 15 is 0 Å². The van der Waals surface area contributed by atoms with Gasteiger partial charge in [0.05, 0.1) is 17.2 Å². The zero-order valence-corrected chi connectivity index (χ0v) is 11.4. The van der Waals surface area contributed by atoms with Gasteiger partial charge in [0.15, 0.2) is 0 Å². The topological polar surface area (TPSA) is 35.8 Å². The first kappa shape index (κ1) is 15.0. The molecule has 0 amide bonds. The average molecular weight is 303 g/mol. The van der Waals surface area contributed by atoms with Gasteiger partial charge in [-0.05, 0) is 37.5 Å². The number of alkyl halides is 3. The van der Waals surface area contributed by atoms with E-state index in [2.05, 4.69) is 5.32 Å². The number of hydrogen-bond donors (Lipinski definition) is 1. The molecule has 0 heterocycles. The Hall–Kier alpha value is -1.41. The van der Waals surface area contributed by atoms with E-state index in [0.29, 0.717) is 29.1 Å². The number of nitriles is 1. The van der Waals surface area contributed by atoms with Crippen LogP contribution in [0.3, 0.4) is 0 Å². The van der Waals surface area contributed by atoms with E-state index in [1.165, 1.54) is 0 Å². The van der Waals surface area contributed by atoms with Gasteiger partial charge in [-0.25, -0.2) is 0 Å². The van der Waals surface area contributed by atoms with Crippen LogP contribution in [0.25, 0.3) is 0 Å². The lowest BCUT2D eigenvalue weighted by molar-refractivity contribution is -0.182. The highest BCUT2D eigenvalue weighted by Gasteiger charge is 2.42. The van der Waals surface area contributed by atoms with Crippen LogP contribution < -0.4 is 5.32 Å². The molecule has 6 heteroatoms. The quantitative estimate of drug-likeness (QED) is 0.856. The second-order valence-electron chi connectivity index (χ2n) is 5.05. The molecule has 0 saturated heterocycles. The predicted molar refractivity (Wildman–Crippen MR) is 71.6 cm³/mol. The van der Waals surface area contributed by atoms with Gasteiger partial charge in [-0.2, -0.15) is 18.4 Å². The maximum absolute atomic E-state index is 12.8. The van der Waals surface area contributed by atoms with E-state index in [9.17, 15) is 13.2 Å². The summed E-state index contributed by atoms with van der Waals surface area (Å²) in [6, 6.07) is 6.47. The molecule has 2 atom stereocenters. The van der Waals surface area contributed by atoms with E-state index in [1.807, 2.05) is 6.07 Å². The second kappa shape index (κ2) is 5.92. The standard InChI is InChI=1S/C14H14ClF3N2/c15-11-5-4-9(8-19)13(7-11)20-12-3-1-2-10(6-12)14(16,17)18/h4-5,7,10,12,20H,1-3,6H2. The van der Waals surface area contributed by atoms with Crippen molar-refractivity contribution in [3.05, 3.63) is 28.8 Å². The Morgan fingerprint density at radius 3 is 2.70 bits per heavy atom. The fraction of sp³-hybridized carbons (Fsp3) is 0.500. The molecule has 1 aromatic rings. The van der Waals surface area contributed by atoms with Crippen molar-refractivity contribution in [2.24, 2.45) is 5.92 Å². The number of nitrogens with zero attached hydrogens (tertiary/aromatic N) is 1. The Bertz CT molecular complexity index is 522. The molecule has 1 aliphatic carbocycles. The summed E-state index contributed by atoms with van der Waals surface area (Å²) in [5.74, 6) is -1.27. The van der Waals surface area contributed by atoms with Crippen LogP contribution in [0, 0.1) is 17.2 Å². The molecular formula is C14H14ClF3N2. The molecular weight excluding hydrogens is 289 g/mol. The fourth-order valence-corrected chi connectivity index (χ4v) is 2.74. The van der Waals surface area contributed by atoms with Crippen LogP contribution in [0.15, 0.2) is 18.2 Å². The summed E-state index contributed by atoms with van der Waals surface area (Å²) in [7, 11) is 0. The Morgan fingerprint density at radius 1 is 1.30 bits per heavy atom.